The highest BCUT2D eigenvalue weighted by Crippen LogP contribution is 2.34. The second kappa shape index (κ2) is 8.47. The molecule has 33 heavy (non-hydrogen) atoms. The Morgan fingerprint density at radius 1 is 0.970 bits per heavy atom. The average molecular weight is 458 g/mol. The first kappa shape index (κ1) is 20.7. The number of morpholine rings is 2. The van der Waals surface area contributed by atoms with E-state index in [-0.39, 0.29) is 12.2 Å². The first-order chi connectivity index (χ1) is 16.1. The topological polar surface area (TPSA) is 41.5 Å². The second-order valence-electron chi connectivity index (χ2n) is 9.13. The van der Waals surface area contributed by atoms with E-state index in [4.69, 9.17) is 21.3 Å². The van der Waals surface area contributed by atoms with Gasteiger partial charge in [0.25, 0.3) is 0 Å². The number of allylic oxidation sites excluding steroid dienone is 3. The molecular weight excluding hydrogens is 432 g/mol. The standard InChI is InChI=1S/C27H26ClN4O/c1-18-7-8-20(19-5-3-2-4-6-19)11-26(18)31-14-22-16-32(17-23(15-31)33-22)27-13-29-25-12-21(28)9-10-24(25)30-27/h2-7,9-10,12-13,20,22-23H,8,14-17H2,1H3. The molecule has 0 amide bonds. The normalized spacial score (nSPS) is 25.1. The molecule has 6 rings (SSSR count). The molecule has 2 saturated heterocycles. The highest BCUT2D eigenvalue weighted by atomic mass is 35.5. The first-order valence-corrected chi connectivity index (χ1v) is 11.9. The largest absolute Gasteiger partial charge is 0.368 e. The van der Waals surface area contributed by atoms with Crippen molar-refractivity contribution in [3.05, 3.63) is 88.7 Å². The summed E-state index contributed by atoms with van der Waals surface area (Å²) >= 11 is 6.09. The van der Waals surface area contributed by atoms with Gasteiger partial charge in [-0.05, 0) is 48.8 Å². The summed E-state index contributed by atoms with van der Waals surface area (Å²) in [6.45, 7) is 5.53. The summed E-state index contributed by atoms with van der Waals surface area (Å²) in [7, 11) is 0. The zero-order chi connectivity index (χ0) is 22.4. The van der Waals surface area contributed by atoms with Crippen LogP contribution in [0.5, 0.6) is 0 Å². The summed E-state index contributed by atoms with van der Waals surface area (Å²) in [5, 5.41) is 0.679. The van der Waals surface area contributed by atoms with Crippen molar-refractivity contribution in [2.75, 3.05) is 31.1 Å². The van der Waals surface area contributed by atoms with Crippen LogP contribution in [0.2, 0.25) is 5.02 Å². The van der Waals surface area contributed by atoms with Gasteiger partial charge < -0.3 is 14.5 Å². The quantitative estimate of drug-likeness (QED) is 0.554. The van der Waals surface area contributed by atoms with Crippen LogP contribution < -0.4 is 4.90 Å². The van der Waals surface area contributed by atoms with E-state index in [9.17, 15) is 0 Å². The van der Waals surface area contributed by atoms with Gasteiger partial charge in [-0.2, -0.15) is 0 Å². The Morgan fingerprint density at radius 2 is 1.73 bits per heavy atom. The molecule has 3 heterocycles. The minimum atomic E-state index is 0.124. The Labute approximate surface area is 199 Å². The maximum Gasteiger partial charge on any atom is 0.148 e. The van der Waals surface area contributed by atoms with E-state index < -0.39 is 0 Å². The van der Waals surface area contributed by atoms with E-state index in [2.05, 4.69) is 64.2 Å². The molecule has 1 radical (unpaired) electrons. The third-order valence-electron chi connectivity index (χ3n) is 6.76. The van der Waals surface area contributed by atoms with E-state index >= 15 is 0 Å². The predicted octanol–water partition coefficient (Wildman–Crippen LogP) is 4.99. The van der Waals surface area contributed by atoms with E-state index in [1.165, 1.54) is 16.8 Å². The molecule has 1 aromatic heterocycles. The Balaban J connectivity index is 1.20. The van der Waals surface area contributed by atoms with Gasteiger partial charge in [0.05, 0.1) is 29.4 Å². The summed E-state index contributed by atoms with van der Waals surface area (Å²) in [6.07, 6.45) is 9.29. The molecule has 167 valence electrons. The summed E-state index contributed by atoms with van der Waals surface area (Å²) < 4.78 is 6.34. The number of hydrogen-bond acceptors (Lipinski definition) is 5. The van der Waals surface area contributed by atoms with Gasteiger partial charge in [-0.1, -0.05) is 48.0 Å². The van der Waals surface area contributed by atoms with Crippen molar-refractivity contribution in [1.82, 2.24) is 14.9 Å². The Morgan fingerprint density at radius 3 is 2.52 bits per heavy atom. The summed E-state index contributed by atoms with van der Waals surface area (Å²) in [6, 6.07) is 16.3. The molecule has 2 bridgehead atoms. The Kier molecular flexibility index (Phi) is 5.31. The third kappa shape index (κ3) is 4.11. The van der Waals surface area contributed by atoms with Gasteiger partial charge in [0.15, 0.2) is 0 Å². The van der Waals surface area contributed by atoms with Crippen LogP contribution in [-0.2, 0) is 4.74 Å². The van der Waals surface area contributed by atoms with Crippen LogP contribution in [0.15, 0.2) is 72.1 Å². The van der Waals surface area contributed by atoms with E-state index in [1.54, 1.807) is 0 Å². The van der Waals surface area contributed by atoms with Gasteiger partial charge >= 0.3 is 0 Å². The minimum Gasteiger partial charge on any atom is -0.368 e. The van der Waals surface area contributed by atoms with Crippen LogP contribution in [0, 0.1) is 6.08 Å². The molecule has 0 N–H and O–H groups in total. The van der Waals surface area contributed by atoms with E-state index in [0.29, 0.717) is 10.9 Å². The number of ether oxygens (including phenoxy) is 1. The van der Waals surface area contributed by atoms with Crippen molar-refractivity contribution in [2.45, 2.75) is 31.5 Å². The van der Waals surface area contributed by atoms with Crippen molar-refractivity contribution < 1.29 is 4.74 Å². The van der Waals surface area contributed by atoms with Crippen LogP contribution in [0.25, 0.3) is 11.0 Å². The first-order valence-electron chi connectivity index (χ1n) is 11.6. The van der Waals surface area contributed by atoms with Crippen molar-refractivity contribution in [3.8, 4) is 0 Å². The van der Waals surface area contributed by atoms with Crippen LogP contribution in [0.1, 0.15) is 24.8 Å². The summed E-state index contributed by atoms with van der Waals surface area (Å²) in [5.74, 6) is 1.21. The van der Waals surface area contributed by atoms with Crippen molar-refractivity contribution in [2.24, 2.45) is 0 Å². The summed E-state index contributed by atoms with van der Waals surface area (Å²) in [4.78, 5) is 14.2. The maximum absolute atomic E-state index is 6.34. The Bertz CT molecular complexity index is 1230. The number of hydrogen-bond donors (Lipinski definition) is 0. The fraction of sp³-hybridized carbons (Fsp3) is 0.333. The lowest BCUT2D eigenvalue weighted by atomic mass is 9.88. The molecule has 3 aromatic rings. The van der Waals surface area contributed by atoms with Gasteiger partial charge in [-0.15, -0.1) is 0 Å². The number of nitrogens with zero attached hydrogens (tertiary/aromatic N) is 4. The van der Waals surface area contributed by atoms with E-state index in [1.807, 2.05) is 24.4 Å². The molecule has 3 atom stereocenters. The molecule has 2 fully saturated rings. The minimum absolute atomic E-state index is 0.124. The van der Waals surface area contributed by atoms with Crippen LogP contribution in [0.4, 0.5) is 5.82 Å². The van der Waals surface area contributed by atoms with Gasteiger partial charge in [0.1, 0.15) is 5.82 Å². The number of aromatic nitrogens is 2. The molecule has 2 aromatic carbocycles. The van der Waals surface area contributed by atoms with Crippen molar-refractivity contribution in [1.29, 1.82) is 0 Å². The fourth-order valence-electron chi connectivity index (χ4n) is 5.16. The SMILES string of the molecule is CC1=CCC(c2ccccc2)[C]=C1N1CC2CN(c3cnc4cc(Cl)ccc4n3)CC(C1)O2. The monoisotopic (exact) mass is 457 g/mol. The molecule has 0 saturated carbocycles. The van der Waals surface area contributed by atoms with Crippen molar-refractivity contribution in [3.63, 3.8) is 0 Å². The molecule has 2 aliphatic heterocycles. The van der Waals surface area contributed by atoms with Crippen molar-refractivity contribution >= 4 is 28.5 Å². The van der Waals surface area contributed by atoms with Gasteiger partial charge in [-0.3, -0.25) is 4.98 Å². The lowest BCUT2D eigenvalue weighted by molar-refractivity contribution is -0.0851. The smallest absolute Gasteiger partial charge is 0.148 e. The highest BCUT2D eigenvalue weighted by Gasteiger charge is 2.37. The number of fused-ring (bicyclic) bond motifs is 3. The number of anilines is 1. The van der Waals surface area contributed by atoms with Gasteiger partial charge in [0, 0.05) is 42.8 Å². The van der Waals surface area contributed by atoms with Crippen LogP contribution in [0.3, 0.4) is 0 Å². The van der Waals surface area contributed by atoms with Crippen LogP contribution >= 0.6 is 11.6 Å². The molecule has 1 aliphatic carbocycles. The van der Waals surface area contributed by atoms with Gasteiger partial charge in [-0.25, -0.2) is 4.98 Å². The second-order valence-corrected chi connectivity index (χ2v) is 9.57. The molecule has 0 spiro atoms. The number of benzene rings is 2. The lowest BCUT2D eigenvalue weighted by Gasteiger charge is -2.48. The molecule has 3 aliphatic rings. The zero-order valence-electron chi connectivity index (χ0n) is 18.6. The fourth-order valence-corrected chi connectivity index (χ4v) is 5.33. The average Bonchev–Trinajstić information content (AvgIpc) is 2.84. The summed E-state index contributed by atoms with van der Waals surface area (Å²) in [5.41, 5.74) is 5.57. The molecular formula is C27H26ClN4O. The maximum atomic E-state index is 6.34. The highest BCUT2D eigenvalue weighted by molar-refractivity contribution is 6.31. The van der Waals surface area contributed by atoms with E-state index in [0.717, 1.165) is 49.5 Å². The van der Waals surface area contributed by atoms with Gasteiger partial charge in [0.2, 0.25) is 0 Å². The molecule has 6 heteroatoms. The lowest BCUT2D eigenvalue weighted by Crippen LogP contribution is -2.59. The number of halogens is 1. The Hall–Kier alpha value is -2.89. The molecule has 3 unspecified atom stereocenters. The predicted molar refractivity (Wildman–Crippen MR) is 131 cm³/mol. The van der Waals surface area contributed by atoms with Crippen LogP contribution in [-0.4, -0.2) is 53.3 Å². The zero-order valence-corrected chi connectivity index (χ0v) is 19.4. The molecule has 5 nitrogen and oxygen atoms in total. The third-order valence-corrected chi connectivity index (χ3v) is 6.99. The number of rotatable bonds is 3.